The van der Waals surface area contributed by atoms with E-state index in [0.717, 1.165) is 25.8 Å². The van der Waals surface area contributed by atoms with Crippen LogP contribution in [0.2, 0.25) is 0 Å². The van der Waals surface area contributed by atoms with E-state index in [2.05, 4.69) is 23.7 Å². The van der Waals surface area contributed by atoms with Crippen molar-refractivity contribution in [2.75, 3.05) is 6.54 Å². The van der Waals surface area contributed by atoms with Gasteiger partial charge in [-0.25, -0.2) is 0 Å². The second-order valence-corrected chi connectivity index (χ2v) is 2.41. The van der Waals surface area contributed by atoms with Crippen molar-refractivity contribution < 1.29 is 0 Å². The Hall–Kier alpha value is -0.850. The maximum absolute atomic E-state index is 4.35. The van der Waals surface area contributed by atoms with Gasteiger partial charge in [0.25, 0.3) is 0 Å². The molecule has 0 heterocycles. The van der Waals surface area contributed by atoms with Gasteiger partial charge in [-0.05, 0) is 12.8 Å². The molecule has 1 aliphatic carbocycles. The van der Waals surface area contributed by atoms with Crippen LogP contribution >= 0.6 is 0 Å². The highest BCUT2D eigenvalue weighted by Gasteiger charge is 1.98. The Labute approximate surface area is 62.2 Å². The zero-order valence-electron chi connectivity index (χ0n) is 6.21. The van der Waals surface area contributed by atoms with Gasteiger partial charge in [0.2, 0.25) is 0 Å². The van der Waals surface area contributed by atoms with Crippen LogP contribution in [0.3, 0.4) is 0 Å². The fourth-order valence-corrected chi connectivity index (χ4v) is 1.03. The summed E-state index contributed by atoms with van der Waals surface area (Å²) in [5.74, 6) is 0. The van der Waals surface area contributed by atoms with Crippen LogP contribution in [0.15, 0.2) is 29.8 Å². The van der Waals surface area contributed by atoms with Gasteiger partial charge in [-0.15, -0.1) is 6.58 Å². The summed E-state index contributed by atoms with van der Waals surface area (Å²) in [5, 5.41) is 0. The van der Waals surface area contributed by atoms with Crippen LogP contribution in [0.1, 0.15) is 19.3 Å². The highest BCUT2D eigenvalue weighted by Crippen LogP contribution is 2.06. The van der Waals surface area contributed by atoms with Gasteiger partial charge in [0, 0.05) is 12.1 Å². The third-order valence-electron chi connectivity index (χ3n) is 1.56. The molecule has 0 aliphatic heterocycles. The van der Waals surface area contributed by atoms with Crippen LogP contribution in [0.5, 0.6) is 0 Å². The topological polar surface area (TPSA) is 12.4 Å². The fraction of sp³-hybridized carbons (Fsp3) is 0.444. The molecular weight excluding hydrogens is 122 g/mol. The van der Waals surface area contributed by atoms with E-state index in [1.165, 1.54) is 5.71 Å². The molecule has 1 nitrogen and oxygen atoms in total. The van der Waals surface area contributed by atoms with E-state index in [4.69, 9.17) is 0 Å². The van der Waals surface area contributed by atoms with E-state index < -0.39 is 0 Å². The highest BCUT2D eigenvalue weighted by molar-refractivity contribution is 5.86. The van der Waals surface area contributed by atoms with Crippen molar-refractivity contribution in [1.82, 2.24) is 0 Å². The summed E-state index contributed by atoms with van der Waals surface area (Å²) in [5.41, 5.74) is 1.32. The molecule has 0 spiro atoms. The zero-order valence-corrected chi connectivity index (χ0v) is 6.21. The van der Waals surface area contributed by atoms with Crippen LogP contribution < -0.4 is 0 Å². The molecule has 1 rings (SSSR count). The molecule has 0 radical (unpaired) electrons. The zero-order chi connectivity index (χ0) is 7.23. The second-order valence-electron chi connectivity index (χ2n) is 2.41. The lowest BCUT2D eigenvalue weighted by molar-refractivity contribution is 1.01. The van der Waals surface area contributed by atoms with E-state index in [0.29, 0.717) is 0 Å². The molecule has 1 heteroatoms. The molecule has 0 atom stereocenters. The Morgan fingerprint density at radius 2 is 2.50 bits per heavy atom. The summed E-state index contributed by atoms with van der Waals surface area (Å²) in [6, 6.07) is 0. The Morgan fingerprint density at radius 1 is 1.60 bits per heavy atom. The number of rotatable bonds is 2. The van der Waals surface area contributed by atoms with Gasteiger partial charge < -0.3 is 0 Å². The number of nitrogens with zero attached hydrogens (tertiary/aromatic N) is 1. The summed E-state index contributed by atoms with van der Waals surface area (Å²) in [4.78, 5) is 4.35. The summed E-state index contributed by atoms with van der Waals surface area (Å²) >= 11 is 0. The molecule has 0 amide bonds. The molecule has 0 aromatic heterocycles. The quantitative estimate of drug-likeness (QED) is 0.515. The molecule has 0 bridgehead atoms. The number of allylic oxidation sites excluding steroid dienone is 2. The number of hydrogen-bond donors (Lipinski definition) is 0. The predicted octanol–water partition coefficient (Wildman–Crippen LogP) is 2.35. The van der Waals surface area contributed by atoms with Gasteiger partial charge in [0.05, 0.1) is 6.54 Å². The normalized spacial score (nSPS) is 21.4. The molecule has 0 aromatic rings. The van der Waals surface area contributed by atoms with Gasteiger partial charge in [0.1, 0.15) is 0 Å². The lowest BCUT2D eigenvalue weighted by Gasteiger charge is -2.05. The monoisotopic (exact) mass is 135 g/mol. The van der Waals surface area contributed by atoms with E-state index >= 15 is 0 Å². The second kappa shape index (κ2) is 4.04. The first-order valence-corrected chi connectivity index (χ1v) is 3.71. The molecule has 0 fully saturated rings. The molecule has 0 N–H and O–H groups in total. The average molecular weight is 135 g/mol. The van der Waals surface area contributed by atoms with Crippen LogP contribution in [-0.2, 0) is 0 Å². The maximum atomic E-state index is 4.35. The lowest BCUT2D eigenvalue weighted by atomic mass is 10.1. The third kappa shape index (κ3) is 2.18. The minimum absolute atomic E-state index is 0.781. The standard InChI is InChI=1S/C9H13N/c1-2-8-10-9-6-4-3-5-7-9/h2-4H,1,5-8H2. The van der Waals surface area contributed by atoms with Gasteiger partial charge in [-0.2, -0.15) is 0 Å². The van der Waals surface area contributed by atoms with Gasteiger partial charge in [-0.3, -0.25) is 4.99 Å². The molecule has 0 saturated carbocycles. The summed E-state index contributed by atoms with van der Waals surface area (Å²) in [7, 11) is 0. The van der Waals surface area contributed by atoms with Crippen molar-refractivity contribution in [1.29, 1.82) is 0 Å². The molecule has 0 unspecified atom stereocenters. The third-order valence-corrected chi connectivity index (χ3v) is 1.56. The highest BCUT2D eigenvalue weighted by atomic mass is 14.7. The van der Waals surface area contributed by atoms with Crippen LogP contribution in [-0.4, -0.2) is 12.3 Å². The minimum atomic E-state index is 0.781. The summed E-state index contributed by atoms with van der Waals surface area (Å²) < 4.78 is 0. The van der Waals surface area contributed by atoms with E-state index in [-0.39, 0.29) is 0 Å². The van der Waals surface area contributed by atoms with E-state index in [1.807, 2.05) is 6.08 Å². The average Bonchev–Trinajstić information content (AvgIpc) is 2.03. The van der Waals surface area contributed by atoms with Gasteiger partial charge >= 0.3 is 0 Å². The SMILES string of the molecule is C=CCN=C1CC=CCC1. The van der Waals surface area contributed by atoms with Crippen molar-refractivity contribution in [3.63, 3.8) is 0 Å². The summed E-state index contributed by atoms with van der Waals surface area (Å²) in [6.45, 7) is 4.40. The predicted molar refractivity (Wildman–Crippen MR) is 45.5 cm³/mol. The van der Waals surface area contributed by atoms with E-state index in [9.17, 15) is 0 Å². The van der Waals surface area contributed by atoms with E-state index in [1.54, 1.807) is 0 Å². The first kappa shape index (κ1) is 7.26. The Balaban J connectivity index is 2.39. The fourth-order valence-electron chi connectivity index (χ4n) is 1.03. The number of hydrogen-bond acceptors (Lipinski definition) is 1. The van der Waals surface area contributed by atoms with Crippen molar-refractivity contribution in [3.8, 4) is 0 Å². The summed E-state index contributed by atoms with van der Waals surface area (Å²) in [6.07, 6.45) is 9.60. The smallest absolute Gasteiger partial charge is 0.0567 e. The van der Waals surface area contributed by atoms with Gasteiger partial charge in [-0.1, -0.05) is 18.2 Å². The molecule has 0 saturated heterocycles. The minimum Gasteiger partial charge on any atom is -0.290 e. The first-order valence-electron chi connectivity index (χ1n) is 3.71. The maximum Gasteiger partial charge on any atom is 0.0567 e. The van der Waals surface area contributed by atoms with Crippen LogP contribution in [0.25, 0.3) is 0 Å². The molecule has 10 heavy (non-hydrogen) atoms. The van der Waals surface area contributed by atoms with Crippen molar-refractivity contribution in [2.45, 2.75) is 19.3 Å². The van der Waals surface area contributed by atoms with Crippen molar-refractivity contribution in [2.24, 2.45) is 4.99 Å². The Kier molecular flexibility index (Phi) is 2.94. The van der Waals surface area contributed by atoms with Crippen LogP contribution in [0, 0.1) is 0 Å². The number of aliphatic imine (C=N–C) groups is 1. The molecule has 0 aromatic carbocycles. The Morgan fingerprint density at radius 3 is 3.10 bits per heavy atom. The van der Waals surface area contributed by atoms with Crippen LogP contribution in [0.4, 0.5) is 0 Å². The molecule has 1 aliphatic rings. The lowest BCUT2D eigenvalue weighted by Crippen LogP contribution is -2.00. The van der Waals surface area contributed by atoms with Gasteiger partial charge in [0.15, 0.2) is 0 Å². The largest absolute Gasteiger partial charge is 0.290 e. The molecule has 54 valence electrons. The van der Waals surface area contributed by atoms with Crippen molar-refractivity contribution in [3.05, 3.63) is 24.8 Å². The first-order chi connectivity index (χ1) is 4.93. The Bertz CT molecular complexity index is 166. The molecular formula is C9H13N. The van der Waals surface area contributed by atoms with Crippen molar-refractivity contribution >= 4 is 5.71 Å².